The summed E-state index contributed by atoms with van der Waals surface area (Å²) in [6, 6.07) is 0. The van der Waals surface area contributed by atoms with E-state index in [-0.39, 0.29) is 5.92 Å². The molecule has 0 saturated carbocycles. The molecule has 0 aromatic rings. The number of rotatable bonds is 0. The van der Waals surface area contributed by atoms with Gasteiger partial charge in [0.1, 0.15) is 5.60 Å². The molecule has 1 aliphatic heterocycles. The van der Waals surface area contributed by atoms with E-state index in [1.165, 1.54) is 0 Å². The number of aliphatic hydroxyl groups is 1. The molecule has 3 heteroatoms. The van der Waals surface area contributed by atoms with Gasteiger partial charge in [-0.2, -0.15) is 0 Å². The summed E-state index contributed by atoms with van der Waals surface area (Å²) in [5.74, 6) is -0.613. The largest absolute Gasteiger partial charge is 0.457 e. The highest BCUT2D eigenvalue weighted by Crippen LogP contribution is 2.31. The molecule has 0 radical (unpaired) electrons. The summed E-state index contributed by atoms with van der Waals surface area (Å²) in [7, 11) is 0. The average Bonchev–Trinajstić information content (AvgIpc) is 1.95. The van der Waals surface area contributed by atoms with Gasteiger partial charge in [0.25, 0.3) is 0 Å². The summed E-state index contributed by atoms with van der Waals surface area (Å²) < 4.78 is 4.88. The maximum Gasteiger partial charge on any atom is 0.335 e. The Labute approximate surface area is 60.0 Å². The maximum absolute atomic E-state index is 10.7. The number of hydrogen-bond acceptors (Lipinski definition) is 3. The van der Waals surface area contributed by atoms with Crippen molar-refractivity contribution in [3.63, 3.8) is 0 Å². The molecule has 1 heterocycles. The SMILES string of the molecule is CC1C(O)C(=O)OC1(C)C. The van der Waals surface area contributed by atoms with Crippen LogP contribution in [0.4, 0.5) is 0 Å². The van der Waals surface area contributed by atoms with Crippen molar-refractivity contribution in [3.8, 4) is 0 Å². The Kier molecular flexibility index (Phi) is 1.47. The minimum atomic E-state index is -0.935. The van der Waals surface area contributed by atoms with Crippen molar-refractivity contribution >= 4 is 5.97 Å². The van der Waals surface area contributed by atoms with Crippen molar-refractivity contribution in [3.05, 3.63) is 0 Å². The predicted octanol–water partition coefficient (Wildman–Crippen LogP) is 0.319. The number of aliphatic hydroxyl groups excluding tert-OH is 1. The molecule has 58 valence electrons. The van der Waals surface area contributed by atoms with Crippen molar-refractivity contribution in [1.29, 1.82) is 0 Å². The zero-order valence-electron chi connectivity index (χ0n) is 6.42. The lowest BCUT2D eigenvalue weighted by molar-refractivity contribution is -0.151. The second kappa shape index (κ2) is 1.95. The lowest BCUT2D eigenvalue weighted by Crippen LogP contribution is -2.29. The van der Waals surface area contributed by atoms with E-state index in [4.69, 9.17) is 9.84 Å². The maximum atomic E-state index is 10.7. The molecular formula is C7H12O3. The summed E-state index contributed by atoms with van der Waals surface area (Å²) in [6.45, 7) is 5.40. The molecule has 1 aliphatic rings. The molecule has 3 nitrogen and oxygen atoms in total. The molecule has 0 amide bonds. The lowest BCUT2D eigenvalue weighted by Gasteiger charge is -2.21. The van der Waals surface area contributed by atoms with Crippen LogP contribution in [0.5, 0.6) is 0 Å². The first-order chi connectivity index (χ1) is 4.45. The molecule has 2 atom stereocenters. The van der Waals surface area contributed by atoms with E-state index in [0.29, 0.717) is 0 Å². The van der Waals surface area contributed by atoms with E-state index in [0.717, 1.165) is 0 Å². The van der Waals surface area contributed by atoms with Crippen molar-refractivity contribution < 1.29 is 14.6 Å². The summed E-state index contributed by atoms with van der Waals surface area (Å²) in [5, 5.41) is 9.13. The van der Waals surface area contributed by atoms with Crippen molar-refractivity contribution in [2.24, 2.45) is 5.92 Å². The summed E-state index contributed by atoms with van der Waals surface area (Å²) in [4.78, 5) is 10.7. The molecule has 1 rings (SSSR count). The second-order valence-corrected chi connectivity index (χ2v) is 3.26. The third kappa shape index (κ3) is 0.904. The highest BCUT2D eigenvalue weighted by molar-refractivity contribution is 5.77. The Morgan fingerprint density at radius 2 is 2.10 bits per heavy atom. The van der Waals surface area contributed by atoms with Gasteiger partial charge in [0.05, 0.1) is 0 Å². The molecule has 10 heavy (non-hydrogen) atoms. The normalized spacial score (nSPS) is 37.8. The predicted molar refractivity (Wildman–Crippen MR) is 35.3 cm³/mol. The monoisotopic (exact) mass is 144 g/mol. The lowest BCUT2D eigenvalue weighted by atomic mass is 9.91. The number of cyclic esters (lactones) is 1. The first-order valence-corrected chi connectivity index (χ1v) is 3.36. The average molecular weight is 144 g/mol. The van der Waals surface area contributed by atoms with Crippen LogP contribution in [0, 0.1) is 5.92 Å². The van der Waals surface area contributed by atoms with Gasteiger partial charge >= 0.3 is 5.97 Å². The molecule has 2 unspecified atom stereocenters. The van der Waals surface area contributed by atoms with E-state index in [2.05, 4.69) is 0 Å². The zero-order valence-corrected chi connectivity index (χ0v) is 6.42. The topological polar surface area (TPSA) is 46.5 Å². The molecule has 0 spiro atoms. The van der Waals surface area contributed by atoms with E-state index in [9.17, 15) is 4.79 Å². The van der Waals surface area contributed by atoms with Crippen LogP contribution in [0.2, 0.25) is 0 Å². The third-order valence-corrected chi connectivity index (χ3v) is 2.18. The minimum Gasteiger partial charge on any atom is -0.457 e. The molecular weight excluding hydrogens is 132 g/mol. The Balaban J connectivity index is 2.81. The van der Waals surface area contributed by atoms with E-state index in [1.807, 2.05) is 0 Å². The highest BCUT2D eigenvalue weighted by atomic mass is 16.6. The van der Waals surface area contributed by atoms with Gasteiger partial charge in [-0.3, -0.25) is 0 Å². The van der Waals surface area contributed by atoms with Crippen LogP contribution in [-0.4, -0.2) is 22.8 Å². The Hall–Kier alpha value is -0.570. The first-order valence-electron chi connectivity index (χ1n) is 3.36. The molecule has 0 bridgehead atoms. The number of carbonyl (C=O) groups is 1. The van der Waals surface area contributed by atoms with Crippen LogP contribution in [0.15, 0.2) is 0 Å². The van der Waals surface area contributed by atoms with Gasteiger partial charge in [0.15, 0.2) is 6.10 Å². The van der Waals surface area contributed by atoms with E-state index in [1.54, 1.807) is 20.8 Å². The van der Waals surface area contributed by atoms with Gasteiger partial charge in [-0.05, 0) is 13.8 Å². The number of esters is 1. The van der Waals surface area contributed by atoms with Crippen molar-refractivity contribution in [2.75, 3.05) is 0 Å². The van der Waals surface area contributed by atoms with Crippen LogP contribution in [-0.2, 0) is 9.53 Å². The Morgan fingerprint density at radius 1 is 1.60 bits per heavy atom. The molecule has 0 aliphatic carbocycles. The van der Waals surface area contributed by atoms with Gasteiger partial charge in [0, 0.05) is 5.92 Å². The molecule has 0 aromatic heterocycles. The molecule has 1 fully saturated rings. The highest BCUT2D eigenvalue weighted by Gasteiger charge is 2.46. The minimum absolute atomic E-state index is 0.111. The Morgan fingerprint density at radius 3 is 2.20 bits per heavy atom. The van der Waals surface area contributed by atoms with Gasteiger partial charge < -0.3 is 9.84 Å². The van der Waals surface area contributed by atoms with Crippen LogP contribution in [0.1, 0.15) is 20.8 Å². The third-order valence-electron chi connectivity index (χ3n) is 2.18. The van der Waals surface area contributed by atoms with Crippen LogP contribution >= 0.6 is 0 Å². The zero-order chi connectivity index (χ0) is 7.94. The van der Waals surface area contributed by atoms with Crippen molar-refractivity contribution in [2.45, 2.75) is 32.5 Å². The fraction of sp³-hybridized carbons (Fsp3) is 0.857. The fourth-order valence-corrected chi connectivity index (χ4v) is 0.997. The number of hydrogen-bond donors (Lipinski definition) is 1. The summed E-state index contributed by atoms with van der Waals surface area (Å²) in [6.07, 6.45) is -0.935. The van der Waals surface area contributed by atoms with Crippen LogP contribution in [0.25, 0.3) is 0 Å². The number of carbonyl (C=O) groups excluding carboxylic acids is 1. The molecule has 0 aromatic carbocycles. The van der Waals surface area contributed by atoms with Gasteiger partial charge in [0.2, 0.25) is 0 Å². The fourth-order valence-electron chi connectivity index (χ4n) is 0.997. The van der Waals surface area contributed by atoms with Crippen LogP contribution in [0.3, 0.4) is 0 Å². The first kappa shape index (κ1) is 7.54. The second-order valence-electron chi connectivity index (χ2n) is 3.26. The quantitative estimate of drug-likeness (QED) is 0.498. The van der Waals surface area contributed by atoms with E-state index >= 15 is 0 Å². The summed E-state index contributed by atoms with van der Waals surface area (Å²) >= 11 is 0. The van der Waals surface area contributed by atoms with Crippen LogP contribution < -0.4 is 0 Å². The standard InChI is InChI=1S/C7H12O3/c1-4-5(8)6(9)10-7(4,2)3/h4-5,8H,1-3H3. The van der Waals surface area contributed by atoms with Gasteiger partial charge in [-0.25, -0.2) is 4.79 Å². The van der Waals surface area contributed by atoms with Crippen molar-refractivity contribution in [1.82, 2.24) is 0 Å². The Bertz CT molecular complexity index is 162. The van der Waals surface area contributed by atoms with Gasteiger partial charge in [-0.15, -0.1) is 0 Å². The molecule has 1 N–H and O–H groups in total. The number of ether oxygens (including phenoxy) is 1. The van der Waals surface area contributed by atoms with E-state index < -0.39 is 17.7 Å². The van der Waals surface area contributed by atoms with Gasteiger partial charge in [-0.1, -0.05) is 6.92 Å². The smallest absolute Gasteiger partial charge is 0.335 e. The summed E-state index contributed by atoms with van der Waals surface area (Å²) in [5.41, 5.74) is -0.503. The molecule has 1 saturated heterocycles.